The highest BCUT2D eigenvalue weighted by atomic mass is 35.5. The number of hydrogen-bond donors (Lipinski definition) is 2. The van der Waals surface area contributed by atoms with Crippen LogP contribution in [0.4, 0.5) is 0 Å². The molecule has 0 bridgehead atoms. The summed E-state index contributed by atoms with van der Waals surface area (Å²) in [6, 6.07) is 1.63. The maximum atomic E-state index is 12.0. The van der Waals surface area contributed by atoms with E-state index < -0.39 is 23.9 Å². The van der Waals surface area contributed by atoms with Crippen molar-refractivity contribution in [2.24, 2.45) is 0 Å². The fraction of sp³-hybridized carbons (Fsp3) is 0.385. The molecule has 2 N–H and O–H groups in total. The van der Waals surface area contributed by atoms with Crippen LogP contribution in [0.25, 0.3) is 0 Å². The van der Waals surface area contributed by atoms with Crippen molar-refractivity contribution in [3.05, 3.63) is 28.5 Å². The highest BCUT2D eigenvalue weighted by Crippen LogP contribution is 2.11. The molecule has 0 spiro atoms. The lowest BCUT2D eigenvalue weighted by Crippen LogP contribution is -2.41. The third kappa shape index (κ3) is 5.39. The summed E-state index contributed by atoms with van der Waals surface area (Å²) in [6.45, 7) is 1.66. The molecule has 0 saturated heterocycles. The molecule has 0 radical (unpaired) electrons. The van der Waals surface area contributed by atoms with E-state index in [1.165, 1.54) is 19.2 Å². The van der Waals surface area contributed by atoms with Crippen LogP contribution in [0.15, 0.2) is 12.1 Å². The van der Waals surface area contributed by atoms with E-state index in [0.29, 0.717) is 5.69 Å². The largest absolute Gasteiger partial charge is 0.480 e. The number of carboxylic acids is 1. The van der Waals surface area contributed by atoms with Crippen LogP contribution in [0.5, 0.6) is 0 Å². The van der Waals surface area contributed by atoms with Gasteiger partial charge in [-0.1, -0.05) is 11.6 Å². The first-order chi connectivity index (χ1) is 9.83. The Morgan fingerprint density at radius 2 is 2.10 bits per heavy atom. The van der Waals surface area contributed by atoms with Crippen molar-refractivity contribution in [2.45, 2.75) is 25.8 Å². The molecule has 1 rings (SSSR count). The first-order valence-corrected chi connectivity index (χ1v) is 6.46. The topological polar surface area (TPSA) is 106 Å². The lowest BCUT2D eigenvalue weighted by atomic mass is 10.1. The minimum Gasteiger partial charge on any atom is -0.480 e. The van der Waals surface area contributed by atoms with E-state index in [1.807, 2.05) is 0 Å². The number of amides is 1. The lowest BCUT2D eigenvalue weighted by molar-refractivity contribution is -0.142. The molecule has 0 aromatic carbocycles. The molecule has 0 saturated carbocycles. The van der Waals surface area contributed by atoms with E-state index in [1.54, 1.807) is 6.92 Å². The van der Waals surface area contributed by atoms with Gasteiger partial charge in [-0.25, -0.2) is 9.78 Å². The summed E-state index contributed by atoms with van der Waals surface area (Å²) in [5.41, 5.74) is 0.742. The molecule has 114 valence electrons. The molecule has 0 fully saturated rings. The molecular weight excluding hydrogens is 300 g/mol. The summed E-state index contributed by atoms with van der Waals surface area (Å²) in [6.07, 6.45) is -0.171. The monoisotopic (exact) mass is 314 g/mol. The first kappa shape index (κ1) is 16.9. The van der Waals surface area contributed by atoms with Gasteiger partial charge in [0.2, 0.25) is 0 Å². The van der Waals surface area contributed by atoms with Gasteiger partial charge in [0.05, 0.1) is 7.11 Å². The van der Waals surface area contributed by atoms with Gasteiger partial charge in [0, 0.05) is 17.7 Å². The maximum Gasteiger partial charge on any atom is 0.326 e. The molecule has 1 atom stereocenters. The number of hydrogen-bond acceptors (Lipinski definition) is 5. The number of rotatable bonds is 6. The smallest absolute Gasteiger partial charge is 0.326 e. The van der Waals surface area contributed by atoms with Crippen LogP contribution in [-0.2, 0) is 14.3 Å². The van der Waals surface area contributed by atoms with Crippen molar-refractivity contribution >= 4 is 29.4 Å². The molecule has 1 aromatic heterocycles. The van der Waals surface area contributed by atoms with Crippen LogP contribution in [0.1, 0.15) is 28.9 Å². The van der Waals surface area contributed by atoms with Gasteiger partial charge < -0.3 is 15.2 Å². The van der Waals surface area contributed by atoms with Crippen molar-refractivity contribution in [3.63, 3.8) is 0 Å². The zero-order valence-electron chi connectivity index (χ0n) is 11.6. The Balaban J connectivity index is 2.76. The number of ether oxygens (including phenoxy) is 1. The summed E-state index contributed by atoms with van der Waals surface area (Å²) in [7, 11) is 1.21. The highest BCUT2D eigenvalue weighted by Gasteiger charge is 2.22. The number of carbonyl (C=O) groups is 3. The summed E-state index contributed by atoms with van der Waals surface area (Å²) < 4.78 is 4.43. The molecule has 21 heavy (non-hydrogen) atoms. The predicted octanol–water partition coefficient (Wildman–Crippen LogP) is 1.18. The summed E-state index contributed by atoms with van der Waals surface area (Å²) >= 11 is 5.75. The molecule has 8 heteroatoms. The molecule has 0 aliphatic carbocycles. The van der Waals surface area contributed by atoms with Gasteiger partial charge in [-0.05, 0) is 25.5 Å². The van der Waals surface area contributed by atoms with Crippen molar-refractivity contribution in [1.82, 2.24) is 10.3 Å². The van der Waals surface area contributed by atoms with Crippen LogP contribution in [0.2, 0.25) is 5.15 Å². The van der Waals surface area contributed by atoms with Crippen molar-refractivity contribution in [1.29, 1.82) is 0 Å². The summed E-state index contributed by atoms with van der Waals surface area (Å²) in [4.78, 5) is 38.0. The number of carbonyl (C=O) groups excluding carboxylic acids is 2. The Morgan fingerprint density at radius 1 is 1.43 bits per heavy atom. The molecule has 1 heterocycles. The Labute approximate surface area is 126 Å². The number of carboxylic acid groups (broad SMARTS) is 1. The van der Waals surface area contributed by atoms with Gasteiger partial charge in [-0.15, -0.1) is 0 Å². The predicted molar refractivity (Wildman–Crippen MR) is 74.1 cm³/mol. The van der Waals surface area contributed by atoms with Crippen LogP contribution >= 0.6 is 11.6 Å². The fourth-order valence-electron chi connectivity index (χ4n) is 1.62. The number of nitrogens with zero attached hydrogens (tertiary/aromatic N) is 1. The molecule has 0 aliphatic rings. The molecule has 1 aromatic rings. The summed E-state index contributed by atoms with van der Waals surface area (Å²) in [5.74, 6) is -2.37. The summed E-state index contributed by atoms with van der Waals surface area (Å²) in [5, 5.41) is 11.5. The minimum absolute atomic E-state index is 0.0639. The molecule has 1 unspecified atom stereocenters. The third-order valence-corrected chi connectivity index (χ3v) is 2.85. The van der Waals surface area contributed by atoms with E-state index in [-0.39, 0.29) is 23.6 Å². The van der Waals surface area contributed by atoms with Crippen molar-refractivity contribution in [2.75, 3.05) is 7.11 Å². The highest BCUT2D eigenvalue weighted by molar-refractivity contribution is 6.29. The zero-order valence-corrected chi connectivity index (χ0v) is 12.3. The minimum atomic E-state index is -1.23. The molecule has 7 nitrogen and oxygen atoms in total. The first-order valence-electron chi connectivity index (χ1n) is 6.08. The van der Waals surface area contributed by atoms with Gasteiger partial charge in [0.25, 0.3) is 5.91 Å². The van der Waals surface area contributed by atoms with Gasteiger partial charge in [-0.2, -0.15) is 0 Å². The SMILES string of the molecule is COC(=O)CCC(NC(=O)c1cc(C)nc(Cl)c1)C(=O)O. The fourth-order valence-corrected chi connectivity index (χ4v) is 1.87. The van der Waals surface area contributed by atoms with E-state index in [9.17, 15) is 14.4 Å². The molecule has 0 aliphatic heterocycles. The quantitative estimate of drug-likeness (QED) is 0.603. The number of esters is 1. The number of methoxy groups -OCH3 is 1. The molecule has 1 amide bonds. The molecular formula is C13H15ClN2O5. The van der Waals surface area contributed by atoms with Crippen LogP contribution in [0.3, 0.4) is 0 Å². The number of aryl methyl sites for hydroxylation is 1. The van der Waals surface area contributed by atoms with E-state index in [0.717, 1.165) is 0 Å². The third-order valence-electron chi connectivity index (χ3n) is 2.65. The zero-order chi connectivity index (χ0) is 16.0. The number of aliphatic carboxylic acids is 1. The standard InChI is InChI=1S/C13H15ClN2O5/c1-7-5-8(6-10(14)15-7)12(18)16-9(13(19)20)3-4-11(17)21-2/h5-6,9H,3-4H2,1-2H3,(H,16,18)(H,19,20). The Kier molecular flexibility index (Phi) is 6.10. The van der Waals surface area contributed by atoms with Gasteiger partial charge in [0.15, 0.2) is 0 Å². The van der Waals surface area contributed by atoms with Crippen LogP contribution in [-0.4, -0.2) is 41.1 Å². The Bertz CT molecular complexity index is 541. The number of nitrogens with one attached hydrogen (secondary N) is 1. The van der Waals surface area contributed by atoms with Crippen LogP contribution in [0, 0.1) is 6.92 Å². The maximum absolute atomic E-state index is 12.0. The van der Waals surface area contributed by atoms with Crippen molar-refractivity contribution < 1.29 is 24.2 Å². The Hall–Kier alpha value is -2.15. The average Bonchev–Trinajstić information content (AvgIpc) is 2.41. The number of aromatic nitrogens is 1. The Morgan fingerprint density at radius 3 is 2.62 bits per heavy atom. The normalized spacial score (nSPS) is 11.6. The number of pyridine rings is 1. The van der Waals surface area contributed by atoms with Gasteiger partial charge in [-0.3, -0.25) is 9.59 Å². The lowest BCUT2D eigenvalue weighted by Gasteiger charge is -2.14. The van der Waals surface area contributed by atoms with Gasteiger partial charge in [0.1, 0.15) is 11.2 Å². The second-order valence-electron chi connectivity index (χ2n) is 4.30. The van der Waals surface area contributed by atoms with Crippen molar-refractivity contribution in [3.8, 4) is 0 Å². The second kappa shape index (κ2) is 7.58. The van der Waals surface area contributed by atoms with Crippen LogP contribution < -0.4 is 5.32 Å². The second-order valence-corrected chi connectivity index (χ2v) is 4.69. The average molecular weight is 315 g/mol. The van der Waals surface area contributed by atoms with Gasteiger partial charge >= 0.3 is 11.9 Å². The van der Waals surface area contributed by atoms with E-state index in [4.69, 9.17) is 16.7 Å². The van der Waals surface area contributed by atoms with E-state index >= 15 is 0 Å². The van der Waals surface area contributed by atoms with E-state index in [2.05, 4.69) is 15.0 Å². The number of halogens is 1.